The lowest BCUT2D eigenvalue weighted by atomic mass is 9.77. The standard InChI is InChI=1S/C37H41NO7/c1-4-42-36(40)32-18-26(22-11-13-29(39)25(17-22)21-10-12-28-23(16-21)14-15-38-28)34-31(44-32)20-30-27(19-33(45-30)37(2,3)41)35(34)43-24-8-6-5-7-9-24/h10,12,14-16,18,20,24-25,33,38,41H,4-9,11,13,17,19H2,1-3H3/b26-22-/t25-,33-/m0/s1. The molecule has 0 saturated heterocycles. The Morgan fingerprint density at radius 1 is 1.07 bits per heavy atom. The smallest absolute Gasteiger partial charge is 0.374 e. The molecule has 0 bridgehead atoms. The fourth-order valence-corrected chi connectivity index (χ4v) is 7.22. The third-order valence-corrected chi connectivity index (χ3v) is 9.70. The number of aromatic nitrogens is 1. The lowest BCUT2D eigenvalue weighted by Crippen LogP contribution is -2.39. The van der Waals surface area contributed by atoms with Gasteiger partial charge in [0, 0.05) is 42.1 Å². The van der Waals surface area contributed by atoms with Crippen molar-refractivity contribution in [2.45, 2.75) is 102 Å². The molecular formula is C37H41NO7. The van der Waals surface area contributed by atoms with Crippen molar-refractivity contribution in [3.63, 3.8) is 0 Å². The zero-order valence-corrected chi connectivity index (χ0v) is 26.2. The molecule has 7 rings (SSSR count). The van der Waals surface area contributed by atoms with Crippen molar-refractivity contribution in [1.82, 2.24) is 4.98 Å². The van der Waals surface area contributed by atoms with Crippen LogP contribution in [0.15, 0.2) is 53.9 Å². The molecule has 2 N–H and O–H groups in total. The molecule has 0 unspecified atom stereocenters. The third kappa shape index (κ3) is 5.65. The van der Waals surface area contributed by atoms with Gasteiger partial charge in [0.15, 0.2) is 0 Å². The van der Waals surface area contributed by atoms with Gasteiger partial charge in [-0.3, -0.25) is 4.79 Å². The van der Waals surface area contributed by atoms with Crippen molar-refractivity contribution >= 4 is 28.2 Å². The molecule has 0 spiro atoms. The number of ether oxygens (including phenoxy) is 4. The second kappa shape index (κ2) is 11.7. The maximum Gasteiger partial charge on any atom is 0.374 e. The van der Waals surface area contributed by atoms with Crippen molar-refractivity contribution in [1.29, 1.82) is 0 Å². The van der Waals surface area contributed by atoms with Gasteiger partial charge >= 0.3 is 5.97 Å². The number of ketones is 1. The van der Waals surface area contributed by atoms with Crippen LogP contribution < -0.4 is 14.2 Å². The number of H-pyrrole nitrogens is 1. The van der Waals surface area contributed by atoms with Crippen LogP contribution in [0.4, 0.5) is 0 Å². The fraction of sp³-hybridized carbons (Fsp3) is 0.459. The molecule has 3 heterocycles. The van der Waals surface area contributed by atoms with Crippen LogP contribution in [0.5, 0.6) is 17.2 Å². The van der Waals surface area contributed by atoms with Gasteiger partial charge in [0.25, 0.3) is 0 Å². The zero-order valence-electron chi connectivity index (χ0n) is 26.2. The van der Waals surface area contributed by atoms with E-state index in [4.69, 9.17) is 18.9 Å². The van der Waals surface area contributed by atoms with Gasteiger partial charge in [-0.1, -0.05) is 18.1 Å². The molecule has 0 amide bonds. The number of rotatable bonds is 6. The third-order valence-electron chi connectivity index (χ3n) is 9.70. The summed E-state index contributed by atoms with van der Waals surface area (Å²) in [6.45, 7) is 5.48. The highest BCUT2D eigenvalue weighted by atomic mass is 16.6. The van der Waals surface area contributed by atoms with Gasteiger partial charge in [0.1, 0.15) is 29.1 Å². The summed E-state index contributed by atoms with van der Waals surface area (Å²) in [5, 5.41) is 12.0. The number of hydrogen-bond acceptors (Lipinski definition) is 7. The number of aliphatic hydroxyl groups is 1. The van der Waals surface area contributed by atoms with Crippen LogP contribution in [0, 0.1) is 0 Å². The largest absolute Gasteiger partial charge is 0.489 e. The zero-order chi connectivity index (χ0) is 31.3. The van der Waals surface area contributed by atoms with E-state index < -0.39 is 17.7 Å². The summed E-state index contributed by atoms with van der Waals surface area (Å²) in [6, 6.07) is 10.00. The maximum absolute atomic E-state index is 13.4. The SMILES string of the molecule is CCOC(=O)C1=C/C(=C2\CCC(=O)[C@H](c3ccc4[nH]ccc4c3)C2)c2c(cc3c(c2OC2CCCCC2)C[C@@H](C(C)(C)O)O3)O1. The molecule has 2 atom stereocenters. The highest BCUT2D eigenvalue weighted by Gasteiger charge is 2.41. The van der Waals surface area contributed by atoms with Crippen molar-refractivity contribution in [3.05, 3.63) is 70.6 Å². The minimum atomic E-state index is -1.07. The second-order valence-corrected chi connectivity index (χ2v) is 13.3. The molecule has 1 aromatic heterocycles. The summed E-state index contributed by atoms with van der Waals surface area (Å²) in [5.74, 6) is 1.22. The van der Waals surface area contributed by atoms with E-state index in [9.17, 15) is 14.7 Å². The van der Waals surface area contributed by atoms with Gasteiger partial charge < -0.3 is 29.0 Å². The highest BCUT2D eigenvalue weighted by Crippen LogP contribution is 2.53. The van der Waals surface area contributed by atoms with Crippen LogP contribution >= 0.6 is 0 Å². The maximum atomic E-state index is 13.4. The molecule has 3 aromatic rings. The first-order valence-electron chi connectivity index (χ1n) is 16.3. The summed E-state index contributed by atoms with van der Waals surface area (Å²) < 4.78 is 24.8. The Morgan fingerprint density at radius 2 is 1.89 bits per heavy atom. The lowest BCUT2D eigenvalue weighted by Gasteiger charge is -2.31. The number of benzene rings is 2. The molecule has 8 nitrogen and oxygen atoms in total. The van der Waals surface area contributed by atoms with E-state index in [0.717, 1.165) is 64.4 Å². The number of carbonyl (C=O) groups is 2. The van der Waals surface area contributed by atoms with E-state index in [0.29, 0.717) is 42.9 Å². The van der Waals surface area contributed by atoms with E-state index in [-0.39, 0.29) is 30.2 Å². The number of allylic oxidation sites excluding steroid dienone is 3. The summed E-state index contributed by atoms with van der Waals surface area (Å²) >= 11 is 0. The molecule has 2 aromatic carbocycles. The lowest BCUT2D eigenvalue weighted by molar-refractivity contribution is -0.141. The Hall–Kier alpha value is -4.04. The van der Waals surface area contributed by atoms with E-state index in [1.807, 2.05) is 30.5 Å². The molecule has 4 aliphatic rings. The number of Topliss-reactive ketones (excluding diaryl/α,β-unsaturated/α-hetero) is 1. The number of nitrogens with one attached hydrogen (secondary N) is 1. The summed E-state index contributed by atoms with van der Waals surface area (Å²) in [4.78, 5) is 29.7. The number of carbonyl (C=O) groups excluding carboxylic acids is 2. The molecule has 236 valence electrons. The van der Waals surface area contributed by atoms with Gasteiger partial charge in [-0.2, -0.15) is 0 Å². The van der Waals surface area contributed by atoms with Gasteiger partial charge in [-0.05, 0) is 100 Å². The predicted octanol–water partition coefficient (Wildman–Crippen LogP) is 7.08. The molecule has 2 aliphatic heterocycles. The van der Waals surface area contributed by atoms with Gasteiger partial charge in [-0.15, -0.1) is 0 Å². The van der Waals surface area contributed by atoms with Crippen molar-refractivity contribution in [3.8, 4) is 17.2 Å². The Kier molecular flexibility index (Phi) is 7.72. The fourth-order valence-electron chi connectivity index (χ4n) is 7.22. The average molecular weight is 612 g/mol. The highest BCUT2D eigenvalue weighted by molar-refractivity contribution is 5.98. The van der Waals surface area contributed by atoms with Gasteiger partial charge in [0.2, 0.25) is 5.76 Å². The first-order chi connectivity index (χ1) is 21.7. The van der Waals surface area contributed by atoms with E-state index in [1.165, 1.54) is 6.42 Å². The molecule has 2 aliphatic carbocycles. The Balaban J connectivity index is 1.38. The Morgan fingerprint density at radius 3 is 2.67 bits per heavy atom. The van der Waals surface area contributed by atoms with Gasteiger partial charge in [-0.25, -0.2) is 4.79 Å². The molecule has 2 saturated carbocycles. The second-order valence-electron chi connectivity index (χ2n) is 13.3. The molecular weight excluding hydrogens is 570 g/mol. The number of esters is 1. The molecule has 0 radical (unpaired) electrons. The average Bonchev–Trinajstić information content (AvgIpc) is 3.68. The van der Waals surface area contributed by atoms with Crippen molar-refractivity contribution in [2.24, 2.45) is 0 Å². The summed E-state index contributed by atoms with van der Waals surface area (Å²) in [6.07, 6.45) is 10.6. The first-order valence-corrected chi connectivity index (χ1v) is 16.3. The van der Waals surface area contributed by atoms with Crippen LogP contribution in [0.3, 0.4) is 0 Å². The number of hydrogen-bond donors (Lipinski definition) is 2. The quantitative estimate of drug-likeness (QED) is 0.287. The first kappa shape index (κ1) is 29.7. The van der Waals surface area contributed by atoms with E-state index in [1.54, 1.807) is 26.8 Å². The summed E-state index contributed by atoms with van der Waals surface area (Å²) in [7, 11) is 0. The van der Waals surface area contributed by atoms with Crippen molar-refractivity contribution in [2.75, 3.05) is 6.61 Å². The van der Waals surface area contributed by atoms with Crippen LogP contribution in [-0.2, 0) is 20.7 Å². The normalized spacial score (nSPS) is 23.6. The van der Waals surface area contributed by atoms with Crippen LogP contribution in [0.1, 0.15) is 94.7 Å². The van der Waals surface area contributed by atoms with Crippen LogP contribution in [0.2, 0.25) is 0 Å². The molecule has 2 fully saturated rings. The van der Waals surface area contributed by atoms with E-state index in [2.05, 4.69) is 11.1 Å². The number of fused-ring (bicyclic) bond motifs is 3. The summed E-state index contributed by atoms with van der Waals surface area (Å²) in [5.41, 5.74) is 4.56. The minimum Gasteiger partial charge on any atom is -0.489 e. The molecule has 45 heavy (non-hydrogen) atoms. The van der Waals surface area contributed by atoms with E-state index >= 15 is 0 Å². The van der Waals surface area contributed by atoms with Crippen LogP contribution in [-0.4, -0.2) is 46.3 Å². The van der Waals surface area contributed by atoms with Crippen molar-refractivity contribution < 1.29 is 33.6 Å². The monoisotopic (exact) mass is 611 g/mol. The number of aromatic amines is 1. The van der Waals surface area contributed by atoms with Gasteiger partial charge in [0.05, 0.1) is 23.9 Å². The van der Waals surface area contributed by atoms with Crippen LogP contribution in [0.25, 0.3) is 16.5 Å². The predicted molar refractivity (Wildman–Crippen MR) is 171 cm³/mol. The minimum absolute atomic E-state index is 0.0472. The Labute approximate surface area is 263 Å². The molecule has 8 heteroatoms. The topological polar surface area (TPSA) is 107 Å². The Bertz CT molecular complexity index is 1720.